The number of amides is 1. The largest absolute Gasteiger partial charge is 0.497 e. The van der Waals surface area contributed by atoms with E-state index >= 15 is 4.39 Å². The third kappa shape index (κ3) is 4.19. The van der Waals surface area contributed by atoms with Crippen molar-refractivity contribution in [1.29, 1.82) is 0 Å². The van der Waals surface area contributed by atoms with E-state index in [0.717, 1.165) is 37.9 Å². The number of fused-ring (bicyclic) bond motifs is 2. The zero-order valence-electron chi connectivity index (χ0n) is 22.8. The van der Waals surface area contributed by atoms with Crippen molar-refractivity contribution in [1.82, 2.24) is 14.7 Å². The van der Waals surface area contributed by atoms with E-state index in [4.69, 9.17) is 9.47 Å². The van der Waals surface area contributed by atoms with Crippen LogP contribution >= 0.6 is 0 Å². The average molecular weight is 533 g/mol. The SMILES string of the molecule is CCOC(=O)c1nn(-c2ccc(OC)cc2F)c2c1C1(CC1)CN(c1ccc(C3(CN(C)C)CC3)cc1)C2=O. The van der Waals surface area contributed by atoms with E-state index < -0.39 is 17.2 Å². The van der Waals surface area contributed by atoms with Gasteiger partial charge in [-0.05, 0) is 76.5 Å². The molecule has 6 rings (SSSR count). The summed E-state index contributed by atoms with van der Waals surface area (Å²) in [7, 11) is 5.64. The molecule has 2 aromatic carbocycles. The molecule has 2 heterocycles. The number of rotatable bonds is 8. The molecule has 0 bridgehead atoms. The molecular formula is C30H33FN4O4. The first-order chi connectivity index (χ1) is 18.7. The number of nitrogens with zero attached hydrogens (tertiary/aromatic N) is 4. The van der Waals surface area contributed by atoms with Crippen LogP contribution < -0.4 is 9.64 Å². The Kier molecular flexibility index (Phi) is 6.02. The predicted octanol–water partition coefficient (Wildman–Crippen LogP) is 4.48. The van der Waals surface area contributed by atoms with Crippen LogP contribution in [-0.4, -0.2) is 67.5 Å². The van der Waals surface area contributed by atoms with Gasteiger partial charge in [0, 0.05) is 41.2 Å². The Morgan fingerprint density at radius 3 is 2.38 bits per heavy atom. The molecule has 0 N–H and O–H groups in total. The van der Waals surface area contributed by atoms with Gasteiger partial charge in [0.2, 0.25) is 0 Å². The summed E-state index contributed by atoms with van der Waals surface area (Å²) in [4.78, 5) is 31.1. The van der Waals surface area contributed by atoms with Gasteiger partial charge in [0.25, 0.3) is 5.91 Å². The van der Waals surface area contributed by atoms with Crippen molar-refractivity contribution in [3.8, 4) is 11.4 Å². The van der Waals surface area contributed by atoms with Crippen molar-refractivity contribution in [3.05, 3.63) is 70.8 Å². The average Bonchev–Trinajstić information content (AvgIpc) is 3.83. The van der Waals surface area contributed by atoms with Crippen molar-refractivity contribution >= 4 is 17.6 Å². The number of carbonyl (C=O) groups excluding carboxylic acids is 2. The first kappa shape index (κ1) is 25.6. The zero-order valence-corrected chi connectivity index (χ0v) is 22.8. The van der Waals surface area contributed by atoms with E-state index in [1.54, 1.807) is 17.9 Å². The number of ether oxygens (including phenoxy) is 2. The maximum Gasteiger partial charge on any atom is 0.359 e. The number of halogens is 1. The fourth-order valence-electron chi connectivity index (χ4n) is 6.06. The Morgan fingerprint density at radius 2 is 1.82 bits per heavy atom. The first-order valence-corrected chi connectivity index (χ1v) is 13.4. The lowest BCUT2D eigenvalue weighted by atomic mass is 9.88. The number of hydrogen-bond acceptors (Lipinski definition) is 6. The van der Waals surface area contributed by atoms with Crippen molar-refractivity contribution in [2.75, 3.05) is 45.8 Å². The third-order valence-electron chi connectivity index (χ3n) is 8.29. The highest BCUT2D eigenvalue weighted by Crippen LogP contribution is 2.55. The summed E-state index contributed by atoms with van der Waals surface area (Å²) in [6, 6.07) is 12.6. The predicted molar refractivity (Wildman–Crippen MR) is 145 cm³/mol. The van der Waals surface area contributed by atoms with Crippen LogP contribution in [0.5, 0.6) is 5.75 Å². The Hall–Kier alpha value is -3.72. The van der Waals surface area contributed by atoms with Gasteiger partial charge in [-0.1, -0.05) is 12.1 Å². The van der Waals surface area contributed by atoms with Crippen LogP contribution in [0.15, 0.2) is 42.5 Å². The minimum atomic E-state index is -0.607. The summed E-state index contributed by atoms with van der Waals surface area (Å²) >= 11 is 0. The van der Waals surface area contributed by atoms with Crippen LogP contribution in [-0.2, 0) is 15.6 Å². The lowest BCUT2D eigenvalue weighted by Crippen LogP contribution is -2.44. The zero-order chi connectivity index (χ0) is 27.5. The van der Waals surface area contributed by atoms with Crippen LogP contribution in [0.1, 0.15) is 64.7 Å². The lowest BCUT2D eigenvalue weighted by Gasteiger charge is -2.34. The number of hydrogen-bond donors (Lipinski definition) is 0. The fraction of sp³-hybridized carbons (Fsp3) is 0.433. The molecule has 1 amide bonds. The van der Waals surface area contributed by atoms with Gasteiger partial charge in [-0.3, -0.25) is 4.79 Å². The molecule has 9 heteroatoms. The first-order valence-electron chi connectivity index (χ1n) is 13.4. The van der Waals surface area contributed by atoms with Crippen LogP contribution in [0, 0.1) is 5.82 Å². The summed E-state index contributed by atoms with van der Waals surface area (Å²) in [6.45, 7) is 3.32. The van der Waals surface area contributed by atoms with Gasteiger partial charge in [-0.25, -0.2) is 13.9 Å². The molecule has 1 spiro atoms. The van der Waals surface area contributed by atoms with Crippen LogP contribution in [0.3, 0.4) is 0 Å². The summed E-state index contributed by atoms with van der Waals surface area (Å²) in [5.41, 5.74) is 2.75. The molecule has 39 heavy (non-hydrogen) atoms. The quantitative estimate of drug-likeness (QED) is 0.398. The molecule has 3 aliphatic rings. The second-order valence-electron chi connectivity index (χ2n) is 11.3. The minimum absolute atomic E-state index is 0.0725. The molecular weight excluding hydrogens is 499 g/mol. The van der Waals surface area contributed by atoms with E-state index in [-0.39, 0.29) is 35.0 Å². The second-order valence-corrected chi connectivity index (χ2v) is 11.3. The van der Waals surface area contributed by atoms with Gasteiger partial charge in [-0.2, -0.15) is 5.10 Å². The minimum Gasteiger partial charge on any atom is -0.497 e. The topological polar surface area (TPSA) is 76.9 Å². The summed E-state index contributed by atoms with van der Waals surface area (Å²) < 4.78 is 27.0. The Bertz CT molecular complexity index is 1450. The maximum absolute atomic E-state index is 15.3. The highest BCUT2D eigenvalue weighted by Gasteiger charge is 2.56. The van der Waals surface area contributed by atoms with E-state index in [9.17, 15) is 9.59 Å². The number of carbonyl (C=O) groups is 2. The van der Waals surface area contributed by atoms with Gasteiger partial charge in [0.05, 0.1) is 13.7 Å². The Balaban J connectivity index is 1.44. The molecule has 2 fully saturated rings. The van der Waals surface area contributed by atoms with Crippen molar-refractivity contribution in [2.45, 2.75) is 43.4 Å². The van der Waals surface area contributed by atoms with Gasteiger partial charge < -0.3 is 19.3 Å². The molecule has 0 unspecified atom stereocenters. The van der Waals surface area contributed by atoms with Crippen molar-refractivity contribution in [2.24, 2.45) is 0 Å². The summed E-state index contributed by atoms with van der Waals surface area (Å²) in [5.74, 6) is -1.18. The normalized spacial score (nSPS) is 18.3. The number of aromatic nitrogens is 2. The van der Waals surface area contributed by atoms with Crippen LogP contribution in [0.2, 0.25) is 0 Å². The highest BCUT2D eigenvalue weighted by molar-refractivity contribution is 6.10. The van der Waals surface area contributed by atoms with Gasteiger partial charge >= 0.3 is 5.97 Å². The molecule has 2 aliphatic carbocycles. The van der Waals surface area contributed by atoms with Crippen LogP contribution in [0.4, 0.5) is 10.1 Å². The molecule has 1 aromatic heterocycles. The standard InChI is InChI=1S/C30H33FN4O4/c1-5-39-28(37)25-24-26(35(32-25)23-11-10-21(38-4)16-22(23)31)27(36)34(18-30(24)14-15-30)20-8-6-19(7-9-20)29(12-13-29)17-33(2)3/h6-11,16H,5,12-15,17-18H2,1-4H3. The molecule has 1 aliphatic heterocycles. The molecule has 0 radical (unpaired) electrons. The Morgan fingerprint density at radius 1 is 1.10 bits per heavy atom. The number of methoxy groups -OCH3 is 1. The fourth-order valence-corrected chi connectivity index (χ4v) is 6.06. The van der Waals surface area contributed by atoms with E-state index in [1.165, 1.54) is 29.5 Å². The van der Waals surface area contributed by atoms with Crippen molar-refractivity contribution in [3.63, 3.8) is 0 Å². The number of anilines is 1. The summed E-state index contributed by atoms with van der Waals surface area (Å²) in [5, 5.41) is 4.50. The number of benzene rings is 2. The van der Waals surface area contributed by atoms with Gasteiger partial charge in [-0.15, -0.1) is 0 Å². The van der Waals surface area contributed by atoms with E-state index in [0.29, 0.717) is 17.9 Å². The highest BCUT2D eigenvalue weighted by atomic mass is 19.1. The Labute approximate surface area is 227 Å². The molecule has 3 aromatic rings. The maximum atomic E-state index is 15.3. The number of esters is 1. The van der Waals surface area contributed by atoms with Gasteiger partial charge in [0.1, 0.15) is 17.1 Å². The smallest absolute Gasteiger partial charge is 0.359 e. The molecule has 0 saturated heterocycles. The van der Waals surface area contributed by atoms with Gasteiger partial charge in [0.15, 0.2) is 11.5 Å². The molecule has 8 nitrogen and oxygen atoms in total. The monoisotopic (exact) mass is 532 g/mol. The molecule has 2 saturated carbocycles. The van der Waals surface area contributed by atoms with Crippen LogP contribution in [0.25, 0.3) is 5.69 Å². The molecule has 204 valence electrons. The molecule has 0 atom stereocenters. The number of likely N-dealkylation sites (N-methyl/N-ethyl adjacent to an activating group) is 1. The third-order valence-corrected chi connectivity index (χ3v) is 8.29. The van der Waals surface area contributed by atoms with E-state index in [2.05, 4.69) is 36.2 Å². The lowest BCUT2D eigenvalue weighted by molar-refractivity contribution is 0.0516. The summed E-state index contributed by atoms with van der Waals surface area (Å²) in [6.07, 6.45) is 3.92. The van der Waals surface area contributed by atoms with E-state index in [1.807, 2.05) is 12.1 Å². The second kappa shape index (κ2) is 9.19. The van der Waals surface area contributed by atoms with Crippen molar-refractivity contribution < 1.29 is 23.5 Å².